The van der Waals surface area contributed by atoms with Crippen molar-refractivity contribution in [1.29, 1.82) is 0 Å². The molecule has 3 N–H and O–H groups in total. The minimum absolute atomic E-state index is 0.0867. The Morgan fingerprint density at radius 1 is 1.12 bits per heavy atom. The van der Waals surface area contributed by atoms with Gasteiger partial charge in [0, 0.05) is 19.3 Å². The number of benzene rings is 1. The van der Waals surface area contributed by atoms with Crippen LogP contribution in [-0.2, 0) is 10.0 Å². The van der Waals surface area contributed by atoms with Gasteiger partial charge in [-0.15, -0.1) is 0 Å². The van der Waals surface area contributed by atoms with E-state index in [1.165, 1.54) is 64.8 Å². The van der Waals surface area contributed by atoms with Crippen LogP contribution in [0.4, 0.5) is 5.69 Å². The molecule has 2 rings (SSSR count). The molecule has 0 unspecified atom stereocenters. The fourth-order valence-electron chi connectivity index (χ4n) is 3.11. The van der Waals surface area contributed by atoms with E-state index in [1.807, 2.05) is 0 Å². The maximum absolute atomic E-state index is 12.1. The van der Waals surface area contributed by atoms with Crippen LogP contribution in [0.15, 0.2) is 23.1 Å². The molecular formula is C17H27N3O3S. The third kappa shape index (κ3) is 4.70. The number of sulfonamides is 1. The van der Waals surface area contributed by atoms with Crippen molar-refractivity contribution in [2.45, 2.75) is 43.4 Å². The molecule has 0 aliphatic heterocycles. The maximum atomic E-state index is 12.1. The van der Waals surface area contributed by atoms with Crippen LogP contribution in [0, 0.1) is 5.92 Å². The van der Waals surface area contributed by atoms with Gasteiger partial charge in [0.2, 0.25) is 10.0 Å². The zero-order valence-electron chi connectivity index (χ0n) is 14.4. The summed E-state index contributed by atoms with van der Waals surface area (Å²) in [7, 11) is -0.685. The number of hydrogen-bond acceptors (Lipinski definition) is 4. The Hall–Kier alpha value is -1.60. The smallest absolute Gasteiger partial charge is 0.253 e. The lowest BCUT2D eigenvalue weighted by atomic mass is 10.00. The van der Waals surface area contributed by atoms with Crippen LogP contribution in [0.1, 0.15) is 48.9 Å². The monoisotopic (exact) mass is 353 g/mol. The highest BCUT2D eigenvalue weighted by Crippen LogP contribution is 2.25. The average molecular weight is 353 g/mol. The third-order valence-electron chi connectivity index (χ3n) is 4.60. The number of rotatable bonds is 6. The van der Waals surface area contributed by atoms with Crippen molar-refractivity contribution in [2.75, 3.05) is 26.0 Å². The zero-order chi connectivity index (χ0) is 17.6. The lowest BCUT2D eigenvalue weighted by Crippen LogP contribution is -2.23. The summed E-state index contributed by atoms with van der Waals surface area (Å²) < 4.78 is 26.2. The van der Waals surface area contributed by atoms with E-state index in [4.69, 9.17) is 0 Å². The molecule has 1 aromatic rings. The van der Waals surface area contributed by atoms with Gasteiger partial charge in [0.05, 0.1) is 10.5 Å². The second-order valence-electron chi connectivity index (χ2n) is 6.23. The number of amides is 1. The molecule has 0 aromatic heterocycles. The van der Waals surface area contributed by atoms with Gasteiger partial charge in [-0.25, -0.2) is 13.1 Å². The molecule has 0 saturated heterocycles. The molecular weight excluding hydrogens is 326 g/mol. The second-order valence-corrected chi connectivity index (χ2v) is 8.12. The predicted molar refractivity (Wildman–Crippen MR) is 95.8 cm³/mol. The second kappa shape index (κ2) is 8.48. The van der Waals surface area contributed by atoms with Crippen LogP contribution in [-0.4, -0.2) is 35.0 Å². The van der Waals surface area contributed by atoms with E-state index in [-0.39, 0.29) is 10.8 Å². The maximum Gasteiger partial charge on any atom is 0.253 e. The van der Waals surface area contributed by atoms with E-state index >= 15 is 0 Å². The van der Waals surface area contributed by atoms with Gasteiger partial charge in [-0.05, 0) is 44.0 Å². The van der Waals surface area contributed by atoms with Gasteiger partial charge in [0.15, 0.2) is 0 Å². The minimum atomic E-state index is -3.58. The van der Waals surface area contributed by atoms with E-state index in [2.05, 4.69) is 15.4 Å². The molecule has 1 aliphatic rings. The summed E-state index contributed by atoms with van der Waals surface area (Å²) in [6, 6.07) is 4.61. The molecule has 1 fully saturated rings. The number of hydrogen-bond donors (Lipinski definition) is 3. The average Bonchev–Trinajstić information content (AvgIpc) is 2.87. The first-order chi connectivity index (χ1) is 11.5. The molecule has 1 aliphatic carbocycles. The third-order valence-corrected chi connectivity index (χ3v) is 6.01. The van der Waals surface area contributed by atoms with E-state index in [9.17, 15) is 13.2 Å². The SMILES string of the molecule is CNC(=O)c1cc(S(=O)(=O)NC)ccc1NCC1CCCCCC1. The molecule has 0 atom stereocenters. The Labute approximate surface area is 144 Å². The molecule has 7 heteroatoms. The quantitative estimate of drug-likeness (QED) is 0.685. The van der Waals surface area contributed by atoms with Crippen LogP contribution in [0.5, 0.6) is 0 Å². The molecule has 0 heterocycles. The number of carbonyl (C=O) groups is 1. The number of nitrogens with one attached hydrogen (secondary N) is 3. The van der Waals surface area contributed by atoms with Crippen molar-refractivity contribution in [3.63, 3.8) is 0 Å². The first kappa shape index (κ1) is 18.7. The first-order valence-corrected chi connectivity index (χ1v) is 10.00. The van der Waals surface area contributed by atoms with Crippen molar-refractivity contribution in [3.05, 3.63) is 23.8 Å². The Kier molecular flexibility index (Phi) is 6.62. The topological polar surface area (TPSA) is 87.3 Å². The fraction of sp³-hybridized carbons (Fsp3) is 0.588. The molecule has 0 radical (unpaired) electrons. The van der Waals surface area contributed by atoms with Crippen molar-refractivity contribution in [2.24, 2.45) is 5.92 Å². The normalized spacial score (nSPS) is 16.4. The van der Waals surface area contributed by atoms with Gasteiger partial charge in [-0.2, -0.15) is 0 Å². The van der Waals surface area contributed by atoms with Gasteiger partial charge in [0.1, 0.15) is 0 Å². The van der Waals surface area contributed by atoms with E-state index in [0.717, 1.165) is 6.54 Å². The van der Waals surface area contributed by atoms with E-state index in [1.54, 1.807) is 6.07 Å². The Morgan fingerprint density at radius 2 is 1.79 bits per heavy atom. The van der Waals surface area contributed by atoms with E-state index in [0.29, 0.717) is 17.2 Å². The largest absolute Gasteiger partial charge is 0.384 e. The van der Waals surface area contributed by atoms with Crippen molar-refractivity contribution in [1.82, 2.24) is 10.0 Å². The molecule has 134 valence electrons. The molecule has 6 nitrogen and oxygen atoms in total. The summed E-state index contributed by atoms with van der Waals surface area (Å²) >= 11 is 0. The highest BCUT2D eigenvalue weighted by Gasteiger charge is 2.18. The summed E-state index contributed by atoms with van der Waals surface area (Å²) in [4.78, 5) is 12.2. The van der Waals surface area contributed by atoms with Crippen LogP contribution >= 0.6 is 0 Å². The lowest BCUT2D eigenvalue weighted by Gasteiger charge is -2.18. The molecule has 0 bridgehead atoms. The van der Waals surface area contributed by atoms with Gasteiger partial charge < -0.3 is 10.6 Å². The molecule has 1 saturated carbocycles. The van der Waals surface area contributed by atoms with Gasteiger partial charge in [-0.3, -0.25) is 4.79 Å². The fourth-order valence-corrected chi connectivity index (χ4v) is 3.86. The van der Waals surface area contributed by atoms with Crippen molar-refractivity contribution >= 4 is 21.6 Å². The van der Waals surface area contributed by atoms with Crippen LogP contribution in [0.3, 0.4) is 0 Å². The van der Waals surface area contributed by atoms with Crippen LogP contribution in [0.2, 0.25) is 0 Å². The number of anilines is 1. The Balaban J connectivity index is 2.20. The highest BCUT2D eigenvalue weighted by atomic mass is 32.2. The van der Waals surface area contributed by atoms with Crippen molar-refractivity contribution < 1.29 is 13.2 Å². The summed E-state index contributed by atoms with van der Waals surface area (Å²) in [6.45, 7) is 0.808. The Morgan fingerprint density at radius 3 is 2.38 bits per heavy atom. The summed E-state index contributed by atoms with van der Waals surface area (Å²) in [5, 5.41) is 5.92. The highest BCUT2D eigenvalue weighted by molar-refractivity contribution is 7.89. The van der Waals surface area contributed by atoms with Crippen LogP contribution in [0.25, 0.3) is 0 Å². The summed E-state index contributed by atoms with van der Waals surface area (Å²) in [5.41, 5.74) is 1.02. The van der Waals surface area contributed by atoms with Crippen LogP contribution < -0.4 is 15.4 Å². The Bertz CT molecular complexity index is 666. The summed E-state index contributed by atoms with van der Waals surface area (Å²) in [6.07, 6.45) is 7.53. The lowest BCUT2D eigenvalue weighted by molar-refractivity contribution is 0.0963. The molecule has 1 amide bonds. The molecule has 0 spiro atoms. The van der Waals surface area contributed by atoms with Gasteiger partial charge in [-0.1, -0.05) is 25.7 Å². The van der Waals surface area contributed by atoms with Gasteiger partial charge >= 0.3 is 0 Å². The number of carbonyl (C=O) groups excluding carboxylic acids is 1. The summed E-state index contributed by atoms with van der Waals surface area (Å²) in [5.74, 6) is 0.303. The standard InChI is InChI=1S/C17H27N3O3S/c1-18-17(21)15-11-14(24(22,23)19-2)9-10-16(15)20-12-13-7-5-3-4-6-8-13/h9-11,13,19-20H,3-8,12H2,1-2H3,(H,18,21). The zero-order valence-corrected chi connectivity index (χ0v) is 15.2. The molecule has 1 aromatic carbocycles. The predicted octanol–water partition coefficient (Wildman–Crippen LogP) is 2.34. The minimum Gasteiger partial charge on any atom is -0.384 e. The van der Waals surface area contributed by atoms with Crippen molar-refractivity contribution in [3.8, 4) is 0 Å². The van der Waals surface area contributed by atoms with Gasteiger partial charge in [0.25, 0.3) is 5.91 Å². The molecule has 24 heavy (non-hydrogen) atoms. The first-order valence-electron chi connectivity index (χ1n) is 8.51. The van der Waals surface area contributed by atoms with E-state index < -0.39 is 10.0 Å².